The van der Waals surface area contributed by atoms with E-state index < -0.39 is 0 Å². The zero-order chi connectivity index (χ0) is 14.1. The van der Waals surface area contributed by atoms with Crippen LogP contribution in [0.15, 0.2) is 12.1 Å². The number of hydrogen-bond donors (Lipinski definition) is 1. The Bertz CT molecular complexity index is 495. The van der Waals surface area contributed by atoms with Crippen molar-refractivity contribution in [2.24, 2.45) is 11.7 Å². The molecular formula is C15H21ClN2O2. The summed E-state index contributed by atoms with van der Waals surface area (Å²) in [6, 6.07) is 4.35. The van der Waals surface area contributed by atoms with Crippen molar-refractivity contribution in [3.05, 3.63) is 22.7 Å². The van der Waals surface area contributed by atoms with Gasteiger partial charge in [-0.25, -0.2) is 0 Å². The number of benzene rings is 1. The van der Waals surface area contributed by atoms with E-state index in [9.17, 15) is 0 Å². The van der Waals surface area contributed by atoms with E-state index in [0.29, 0.717) is 35.9 Å². The van der Waals surface area contributed by atoms with Crippen molar-refractivity contribution in [2.45, 2.75) is 25.9 Å². The smallest absolute Gasteiger partial charge is 0.179 e. The van der Waals surface area contributed by atoms with E-state index in [4.69, 9.17) is 26.8 Å². The number of rotatable bonds is 2. The summed E-state index contributed by atoms with van der Waals surface area (Å²) in [5.74, 6) is 1.98. The maximum Gasteiger partial charge on any atom is 0.179 e. The van der Waals surface area contributed by atoms with Crippen molar-refractivity contribution >= 4 is 11.6 Å². The molecule has 4 nitrogen and oxygen atoms in total. The molecule has 2 heterocycles. The lowest BCUT2D eigenvalue weighted by Gasteiger charge is -2.35. The standard InChI is InChI=1S/C15H21ClN2O2/c1-10-8-18(3-2-13(10)17)9-11-6-12(16)15-14(7-11)19-4-5-20-15/h6-7,10,13H,2-5,8-9,17H2,1H3/t10-,13-/m1/s1. The van der Waals surface area contributed by atoms with Crippen molar-refractivity contribution in [1.29, 1.82) is 0 Å². The highest BCUT2D eigenvalue weighted by Crippen LogP contribution is 2.38. The molecule has 1 saturated heterocycles. The van der Waals surface area contributed by atoms with Crippen LogP contribution in [0.25, 0.3) is 0 Å². The lowest BCUT2D eigenvalue weighted by molar-refractivity contribution is 0.156. The number of hydrogen-bond acceptors (Lipinski definition) is 4. The molecule has 0 bridgehead atoms. The number of ether oxygens (including phenoxy) is 2. The lowest BCUT2D eigenvalue weighted by Crippen LogP contribution is -2.45. The Morgan fingerprint density at radius 2 is 2.15 bits per heavy atom. The number of fused-ring (bicyclic) bond motifs is 1. The molecular weight excluding hydrogens is 276 g/mol. The fourth-order valence-corrected chi connectivity index (χ4v) is 3.20. The Labute approximate surface area is 124 Å². The van der Waals surface area contributed by atoms with E-state index in [1.54, 1.807) is 0 Å². The van der Waals surface area contributed by atoms with E-state index in [0.717, 1.165) is 31.8 Å². The van der Waals surface area contributed by atoms with Crippen LogP contribution in [0.3, 0.4) is 0 Å². The molecule has 2 N–H and O–H groups in total. The van der Waals surface area contributed by atoms with Gasteiger partial charge in [0.25, 0.3) is 0 Å². The van der Waals surface area contributed by atoms with Gasteiger partial charge in [-0.2, -0.15) is 0 Å². The minimum Gasteiger partial charge on any atom is -0.486 e. The Balaban J connectivity index is 1.73. The van der Waals surface area contributed by atoms with E-state index in [1.165, 1.54) is 5.56 Å². The molecule has 3 rings (SSSR count). The largest absolute Gasteiger partial charge is 0.486 e. The zero-order valence-electron chi connectivity index (χ0n) is 11.8. The fourth-order valence-electron chi connectivity index (χ4n) is 2.91. The molecule has 0 aromatic heterocycles. The monoisotopic (exact) mass is 296 g/mol. The fraction of sp³-hybridized carbons (Fsp3) is 0.600. The highest BCUT2D eigenvalue weighted by Gasteiger charge is 2.24. The molecule has 1 aromatic rings. The van der Waals surface area contributed by atoms with Crippen LogP contribution in [-0.2, 0) is 6.54 Å². The second-order valence-corrected chi connectivity index (χ2v) is 6.17. The molecule has 0 saturated carbocycles. The summed E-state index contributed by atoms with van der Waals surface area (Å²) in [5.41, 5.74) is 7.23. The zero-order valence-corrected chi connectivity index (χ0v) is 12.5. The topological polar surface area (TPSA) is 47.7 Å². The van der Waals surface area contributed by atoms with Crippen LogP contribution < -0.4 is 15.2 Å². The van der Waals surface area contributed by atoms with Gasteiger partial charge in [-0.05, 0) is 36.6 Å². The molecule has 5 heteroatoms. The van der Waals surface area contributed by atoms with Gasteiger partial charge < -0.3 is 15.2 Å². The molecule has 0 spiro atoms. The highest BCUT2D eigenvalue weighted by atomic mass is 35.5. The predicted octanol–water partition coefficient (Wildman–Crippen LogP) is 2.28. The van der Waals surface area contributed by atoms with Gasteiger partial charge >= 0.3 is 0 Å². The summed E-state index contributed by atoms with van der Waals surface area (Å²) in [4.78, 5) is 2.43. The van der Waals surface area contributed by atoms with Gasteiger partial charge in [-0.15, -0.1) is 0 Å². The molecule has 0 aliphatic carbocycles. The SMILES string of the molecule is C[C@@H]1CN(Cc2cc(Cl)c3c(c2)OCCO3)CC[C@H]1N. The summed E-state index contributed by atoms with van der Waals surface area (Å²) >= 11 is 6.27. The second-order valence-electron chi connectivity index (χ2n) is 5.77. The molecule has 2 atom stereocenters. The van der Waals surface area contributed by atoms with Gasteiger partial charge in [0.15, 0.2) is 11.5 Å². The average Bonchev–Trinajstić information content (AvgIpc) is 2.43. The minimum atomic E-state index is 0.329. The first-order chi connectivity index (χ1) is 9.63. The van der Waals surface area contributed by atoms with Crippen LogP contribution in [-0.4, -0.2) is 37.2 Å². The van der Waals surface area contributed by atoms with Gasteiger partial charge in [0, 0.05) is 19.1 Å². The summed E-state index contributed by atoms with van der Waals surface area (Å²) < 4.78 is 11.2. The van der Waals surface area contributed by atoms with Gasteiger partial charge in [0.05, 0.1) is 5.02 Å². The number of nitrogens with zero attached hydrogens (tertiary/aromatic N) is 1. The molecule has 2 aliphatic heterocycles. The molecule has 110 valence electrons. The Kier molecular flexibility index (Phi) is 4.06. The third kappa shape index (κ3) is 2.87. The quantitative estimate of drug-likeness (QED) is 0.909. The van der Waals surface area contributed by atoms with Crippen molar-refractivity contribution in [2.75, 3.05) is 26.3 Å². The van der Waals surface area contributed by atoms with Crippen LogP contribution in [0.5, 0.6) is 11.5 Å². The summed E-state index contributed by atoms with van der Waals surface area (Å²) in [5, 5.41) is 0.638. The van der Waals surface area contributed by atoms with Gasteiger partial charge in [-0.1, -0.05) is 18.5 Å². The second kappa shape index (κ2) is 5.80. The van der Waals surface area contributed by atoms with E-state index in [2.05, 4.69) is 11.8 Å². The van der Waals surface area contributed by atoms with Crippen LogP contribution in [0.4, 0.5) is 0 Å². The van der Waals surface area contributed by atoms with E-state index in [-0.39, 0.29) is 0 Å². The van der Waals surface area contributed by atoms with Crippen molar-refractivity contribution < 1.29 is 9.47 Å². The molecule has 1 aromatic carbocycles. The maximum absolute atomic E-state index is 6.27. The molecule has 2 aliphatic rings. The van der Waals surface area contributed by atoms with Crippen LogP contribution in [0.1, 0.15) is 18.9 Å². The first-order valence-electron chi connectivity index (χ1n) is 7.19. The molecule has 0 unspecified atom stereocenters. The first kappa shape index (κ1) is 14.0. The number of halogens is 1. The van der Waals surface area contributed by atoms with Crippen molar-refractivity contribution in [1.82, 2.24) is 4.90 Å². The van der Waals surface area contributed by atoms with Crippen LogP contribution in [0.2, 0.25) is 5.02 Å². The van der Waals surface area contributed by atoms with Crippen molar-refractivity contribution in [3.63, 3.8) is 0 Å². The molecule has 1 fully saturated rings. The average molecular weight is 297 g/mol. The minimum absolute atomic E-state index is 0.329. The van der Waals surface area contributed by atoms with Gasteiger partial charge in [-0.3, -0.25) is 4.90 Å². The summed E-state index contributed by atoms with van der Waals surface area (Å²) in [6.07, 6.45) is 1.06. The Hall–Kier alpha value is -0.970. The van der Waals surface area contributed by atoms with Gasteiger partial charge in [0.1, 0.15) is 13.2 Å². The third-order valence-electron chi connectivity index (χ3n) is 4.12. The van der Waals surface area contributed by atoms with E-state index in [1.807, 2.05) is 12.1 Å². The number of piperidine rings is 1. The third-order valence-corrected chi connectivity index (χ3v) is 4.40. The predicted molar refractivity (Wildman–Crippen MR) is 79.5 cm³/mol. The van der Waals surface area contributed by atoms with Crippen molar-refractivity contribution in [3.8, 4) is 11.5 Å². The summed E-state index contributed by atoms with van der Waals surface area (Å²) in [6.45, 7) is 6.32. The molecule has 0 radical (unpaired) electrons. The van der Waals surface area contributed by atoms with Crippen LogP contribution >= 0.6 is 11.6 Å². The number of likely N-dealkylation sites (tertiary alicyclic amines) is 1. The number of nitrogens with two attached hydrogens (primary N) is 1. The highest BCUT2D eigenvalue weighted by molar-refractivity contribution is 6.32. The molecule has 0 amide bonds. The van der Waals surface area contributed by atoms with E-state index >= 15 is 0 Å². The first-order valence-corrected chi connectivity index (χ1v) is 7.57. The Morgan fingerprint density at radius 3 is 2.95 bits per heavy atom. The maximum atomic E-state index is 6.27. The molecule has 20 heavy (non-hydrogen) atoms. The lowest BCUT2D eigenvalue weighted by atomic mass is 9.94. The van der Waals surface area contributed by atoms with Crippen LogP contribution in [0, 0.1) is 5.92 Å². The van der Waals surface area contributed by atoms with Gasteiger partial charge in [0.2, 0.25) is 0 Å². The summed E-state index contributed by atoms with van der Waals surface area (Å²) in [7, 11) is 0. The normalized spacial score (nSPS) is 26.6. The Morgan fingerprint density at radius 1 is 1.35 bits per heavy atom.